The van der Waals surface area contributed by atoms with E-state index in [1.165, 1.54) is 22.7 Å². The Morgan fingerprint density at radius 3 is 0.893 bits per heavy atom. The molecule has 0 saturated carbocycles. The summed E-state index contributed by atoms with van der Waals surface area (Å²) in [7, 11) is -7.17. The van der Waals surface area contributed by atoms with Crippen molar-refractivity contribution in [3.05, 3.63) is 76.5 Å². The van der Waals surface area contributed by atoms with E-state index in [2.05, 4.69) is 76.2 Å². The molecule has 0 amide bonds. The van der Waals surface area contributed by atoms with Crippen LogP contribution < -0.4 is 0 Å². The summed E-state index contributed by atoms with van der Waals surface area (Å²) in [6.07, 6.45) is 7.29. The quantitative estimate of drug-likeness (QED) is 0.0675. The lowest BCUT2D eigenvalue weighted by molar-refractivity contribution is 0.818. The Labute approximate surface area is 344 Å². The standard InChI is InChI=1S/C44H50N8S2Si2/c1-7-13-21-55(22-14-8-2,43(35(29-49)30-50)41(33(25-45)26-46)39-19-17-37(11-5)53-39)56(23-15-9-3,24-16-10-4)44(36(31-51)32-52)42(34(27-47)28-48)40-20-18-38(12-6)54-40/h17-20H,7-16,21-24H2,1-6H3. The number of rotatable bonds is 21. The Kier molecular flexibility index (Phi) is 19.7. The first-order valence-corrected chi connectivity index (χ1v) is 27.0. The van der Waals surface area contributed by atoms with Gasteiger partial charge in [0.1, 0.15) is 70.8 Å². The highest BCUT2D eigenvalue weighted by molar-refractivity contribution is 7.49. The highest BCUT2D eigenvalue weighted by atomic mass is 32.1. The van der Waals surface area contributed by atoms with Crippen molar-refractivity contribution in [2.24, 2.45) is 0 Å². The van der Waals surface area contributed by atoms with Crippen molar-refractivity contribution in [1.29, 1.82) is 42.1 Å². The first-order chi connectivity index (χ1) is 27.2. The van der Waals surface area contributed by atoms with Gasteiger partial charge in [0, 0.05) is 30.7 Å². The molecular formula is C44H50N8S2Si2. The number of nitrogens with zero attached hydrogens (tertiary/aromatic N) is 8. The number of hydrogen-bond acceptors (Lipinski definition) is 10. The fourth-order valence-electron chi connectivity index (χ4n) is 8.00. The van der Waals surface area contributed by atoms with Gasteiger partial charge in [-0.25, -0.2) is 0 Å². The van der Waals surface area contributed by atoms with E-state index in [9.17, 15) is 42.1 Å². The first-order valence-electron chi connectivity index (χ1n) is 19.5. The molecule has 2 heterocycles. The van der Waals surface area contributed by atoms with E-state index in [-0.39, 0.29) is 22.3 Å². The van der Waals surface area contributed by atoms with Gasteiger partial charge < -0.3 is 0 Å². The van der Waals surface area contributed by atoms with Gasteiger partial charge in [-0.2, -0.15) is 42.1 Å². The van der Waals surface area contributed by atoms with Crippen LogP contribution in [0.1, 0.15) is 112 Å². The molecule has 286 valence electrons. The van der Waals surface area contributed by atoms with Crippen LogP contribution in [-0.2, 0) is 12.8 Å². The van der Waals surface area contributed by atoms with Gasteiger partial charge in [0.05, 0.1) is 15.2 Å². The van der Waals surface area contributed by atoms with E-state index in [0.29, 0.717) is 94.0 Å². The van der Waals surface area contributed by atoms with Crippen LogP contribution in [0.3, 0.4) is 0 Å². The molecule has 0 N–H and O–H groups in total. The van der Waals surface area contributed by atoms with Crippen LogP contribution in [0.15, 0.2) is 57.0 Å². The van der Waals surface area contributed by atoms with E-state index in [1.54, 1.807) is 0 Å². The van der Waals surface area contributed by atoms with E-state index in [1.807, 2.05) is 38.1 Å². The van der Waals surface area contributed by atoms with Crippen LogP contribution in [0, 0.1) is 90.6 Å². The molecule has 0 aromatic carbocycles. The van der Waals surface area contributed by atoms with Crippen LogP contribution in [0.25, 0.3) is 11.1 Å². The summed E-state index contributed by atoms with van der Waals surface area (Å²) >= 11 is 2.87. The predicted octanol–water partition coefficient (Wildman–Crippen LogP) is 12.2. The highest BCUT2D eigenvalue weighted by Crippen LogP contribution is 2.55. The van der Waals surface area contributed by atoms with Crippen LogP contribution in [-0.4, -0.2) is 15.2 Å². The van der Waals surface area contributed by atoms with Gasteiger partial charge in [-0.1, -0.05) is 117 Å². The molecule has 0 radical (unpaired) electrons. The summed E-state index contributed by atoms with van der Waals surface area (Å²) in [5, 5.41) is 87.9. The van der Waals surface area contributed by atoms with Crippen molar-refractivity contribution < 1.29 is 0 Å². The molecule has 0 aliphatic rings. The number of thiophene rings is 2. The third-order valence-electron chi connectivity index (χ3n) is 10.6. The Morgan fingerprint density at radius 2 is 0.696 bits per heavy atom. The fourth-order valence-corrected chi connectivity index (χ4v) is 33.3. The summed E-state index contributed by atoms with van der Waals surface area (Å²) in [6.45, 7) is 12.4. The van der Waals surface area contributed by atoms with E-state index in [4.69, 9.17) is 0 Å². The van der Waals surface area contributed by atoms with Crippen molar-refractivity contribution in [3.8, 4) is 48.6 Å². The van der Waals surface area contributed by atoms with E-state index >= 15 is 0 Å². The third kappa shape index (κ3) is 9.92. The summed E-state index contributed by atoms with van der Waals surface area (Å²) in [5.41, 5.74) is -0.0468. The van der Waals surface area contributed by atoms with Crippen LogP contribution in [0.2, 0.25) is 24.2 Å². The predicted molar refractivity (Wildman–Crippen MR) is 231 cm³/mol. The SMILES string of the molecule is CCCC[Si](CCCC)(C(=C(C#N)C#N)C(=C(C#N)C#N)c1ccc(CC)s1)[Si](CCCC)(CCCC)C(=C(C#N)C#N)C(=C(C#N)C#N)c1ccc(CC)s1. The topological polar surface area (TPSA) is 190 Å². The zero-order valence-corrected chi connectivity index (χ0v) is 37.2. The van der Waals surface area contributed by atoms with Gasteiger partial charge in [-0.05, 0) is 47.5 Å². The van der Waals surface area contributed by atoms with Gasteiger partial charge in [-0.3, -0.25) is 0 Å². The monoisotopic (exact) mass is 810 g/mol. The Balaban J connectivity index is 3.83. The molecule has 12 heteroatoms. The molecule has 56 heavy (non-hydrogen) atoms. The summed E-state index contributed by atoms with van der Waals surface area (Å²) in [4.78, 5) is 3.27. The van der Waals surface area contributed by atoms with E-state index < -0.39 is 15.2 Å². The van der Waals surface area contributed by atoms with Gasteiger partial charge in [0.2, 0.25) is 0 Å². The lowest BCUT2D eigenvalue weighted by Crippen LogP contribution is -2.66. The normalized spacial score (nSPS) is 10.5. The van der Waals surface area contributed by atoms with Gasteiger partial charge in [-0.15, -0.1) is 22.7 Å². The van der Waals surface area contributed by atoms with Gasteiger partial charge in [0.15, 0.2) is 0 Å². The average Bonchev–Trinajstić information content (AvgIpc) is 3.92. The Morgan fingerprint density at radius 1 is 0.429 bits per heavy atom. The molecule has 0 bridgehead atoms. The Hall–Kier alpha value is -5.29. The lowest BCUT2D eigenvalue weighted by Gasteiger charge is -2.52. The number of unbranched alkanes of at least 4 members (excludes halogenated alkanes) is 4. The number of hydrogen-bond donors (Lipinski definition) is 0. The minimum absolute atomic E-state index is 0.149. The fraction of sp³-hybridized carbons (Fsp3) is 0.455. The van der Waals surface area contributed by atoms with Crippen molar-refractivity contribution >= 4 is 49.0 Å². The van der Waals surface area contributed by atoms with Crippen molar-refractivity contribution in [3.63, 3.8) is 0 Å². The summed E-state index contributed by atoms with van der Waals surface area (Å²) < 4.78 is 0. The zero-order valence-electron chi connectivity index (χ0n) is 33.6. The van der Waals surface area contributed by atoms with Gasteiger partial charge in [0.25, 0.3) is 0 Å². The number of aryl methyl sites for hydroxylation is 2. The molecule has 0 aliphatic heterocycles. The summed E-state index contributed by atoms with van der Waals surface area (Å²) in [6, 6.07) is 27.5. The third-order valence-corrected chi connectivity index (χ3v) is 32.7. The maximum atomic E-state index is 11.0. The van der Waals surface area contributed by atoms with E-state index in [0.717, 1.165) is 35.4 Å². The molecule has 0 fully saturated rings. The molecule has 2 aromatic rings. The smallest absolute Gasteiger partial charge is 0.138 e. The largest absolute Gasteiger partial charge is 0.192 e. The van der Waals surface area contributed by atoms with Crippen molar-refractivity contribution in [1.82, 2.24) is 0 Å². The zero-order chi connectivity index (χ0) is 41.7. The minimum atomic E-state index is -3.58. The molecule has 0 saturated heterocycles. The number of allylic oxidation sites excluding steroid dienone is 8. The average molecular weight is 811 g/mol. The molecule has 0 unspecified atom stereocenters. The molecule has 2 aromatic heterocycles. The molecule has 0 atom stereocenters. The molecular weight excluding hydrogens is 761 g/mol. The maximum Gasteiger partial charge on any atom is 0.138 e. The summed E-state index contributed by atoms with van der Waals surface area (Å²) in [5.74, 6) is 0. The first kappa shape index (κ1) is 46.9. The molecule has 2 rings (SSSR count). The van der Waals surface area contributed by atoms with Crippen LogP contribution in [0.5, 0.6) is 0 Å². The van der Waals surface area contributed by atoms with Crippen molar-refractivity contribution in [2.75, 3.05) is 0 Å². The molecule has 0 spiro atoms. The molecule has 0 aliphatic carbocycles. The minimum Gasteiger partial charge on any atom is -0.192 e. The highest BCUT2D eigenvalue weighted by Gasteiger charge is 2.60. The van der Waals surface area contributed by atoms with Crippen molar-refractivity contribution in [2.45, 2.75) is 130 Å². The number of nitriles is 8. The maximum absolute atomic E-state index is 11.0. The molecule has 8 nitrogen and oxygen atoms in total. The Bertz CT molecular complexity index is 1960. The lowest BCUT2D eigenvalue weighted by atomic mass is 10.0. The second-order valence-electron chi connectivity index (χ2n) is 13.7. The van der Waals surface area contributed by atoms with Gasteiger partial charge >= 0.3 is 0 Å². The second-order valence-corrected chi connectivity index (χ2v) is 29.1. The van der Waals surface area contributed by atoms with Crippen LogP contribution in [0.4, 0.5) is 0 Å². The second kappa shape index (κ2) is 23.6. The van der Waals surface area contributed by atoms with Crippen LogP contribution >= 0.6 is 22.7 Å².